The summed E-state index contributed by atoms with van der Waals surface area (Å²) in [5.41, 5.74) is 0.667. The molecule has 1 amide bonds. The van der Waals surface area contributed by atoms with E-state index in [1.54, 1.807) is 19.9 Å². The third-order valence-corrected chi connectivity index (χ3v) is 3.78. The molecule has 0 heterocycles. The van der Waals surface area contributed by atoms with Crippen molar-refractivity contribution in [3.8, 4) is 0 Å². The van der Waals surface area contributed by atoms with E-state index < -0.39 is 10.7 Å². The Hall–Kier alpha value is -1.49. The molecule has 0 fully saturated rings. The maximum Gasteiger partial charge on any atom is 0.319 e. The van der Waals surface area contributed by atoms with E-state index in [1.807, 2.05) is 25.1 Å². The number of anilines is 1. The summed E-state index contributed by atoms with van der Waals surface area (Å²) < 4.78 is -0.939. The molecule has 1 rings (SSSR count). The molecule has 0 unspecified atom stereocenters. The number of carboxylic acid groups (broad SMARTS) is 1. The van der Waals surface area contributed by atoms with E-state index in [4.69, 9.17) is 5.11 Å². The molecule has 0 aromatic heterocycles. The first kappa shape index (κ1) is 15.6. The highest BCUT2D eigenvalue weighted by Gasteiger charge is 2.29. The van der Waals surface area contributed by atoms with E-state index >= 15 is 0 Å². The molecule has 0 aliphatic rings. The summed E-state index contributed by atoms with van der Waals surface area (Å²) in [7, 11) is 0. The number of rotatable bonds is 6. The number of hydrogen-bond donors (Lipinski definition) is 2. The van der Waals surface area contributed by atoms with Gasteiger partial charge in [0.25, 0.3) is 0 Å². The standard InChI is InChI=1S/C14H19NO3S/c1-4-7-12(16)15-10-8-5-6-9-11(10)19-14(2,3)13(17)18/h5-6,8-9H,4,7H2,1-3H3,(H,15,16)(H,17,18). The zero-order chi connectivity index (χ0) is 14.5. The fourth-order valence-corrected chi connectivity index (χ4v) is 2.43. The van der Waals surface area contributed by atoms with Crippen molar-refractivity contribution in [1.82, 2.24) is 0 Å². The predicted octanol–water partition coefficient (Wildman–Crippen LogP) is 3.38. The van der Waals surface area contributed by atoms with Crippen LogP contribution >= 0.6 is 11.8 Å². The number of nitrogens with one attached hydrogen (secondary N) is 1. The number of para-hydroxylation sites is 1. The molecule has 0 aliphatic carbocycles. The SMILES string of the molecule is CCCC(=O)Nc1ccccc1SC(C)(C)C(=O)O. The number of amides is 1. The Morgan fingerprint density at radius 1 is 1.32 bits per heavy atom. The first-order chi connectivity index (χ1) is 8.86. The maximum atomic E-state index is 11.6. The molecule has 4 nitrogen and oxygen atoms in total. The average molecular weight is 281 g/mol. The third kappa shape index (κ3) is 4.59. The van der Waals surface area contributed by atoms with Crippen LogP contribution in [0, 0.1) is 0 Å². The minimum absolute atomic E-state index is 0.0521. The minimum Gasteiger partial charge on any atom is -0.480 e. The smallest absolute Gasteiger partial charge is 0.319 e. The number of carbonyl (C=O) groups excluding carboxylic acids is 1. The van der Waals surface area contributed by atoms with Gasteiger partial charge >= 0.3 is 5.97 Å². The summed E-state index contributed by atoms with van der Waals surface area (Å²) in [6, 6.07) is 7.25. The Morgan fingerprint density at radius 3 is 2.53 bits per heavy atom. The molecule has 0 saturated heterocycles. The molecule has 104 valence electrons. The van der Waals surface area contributed by atoms with Crippen LogP contribution in [0.15, 0.2) is 29.2 Å². The van der Waals surface area contributed by atoms with E-state index in [9.17, 15) is 9.59 Å². The highest BCUT2D eigenvalue weighted by molar-refractivity contribution is 8.01. The lowest BCUT2D eigenvalue weighted by Crippen LogP contribution is -2.27. The third-order valence-electron chi connectivity index (χ3n) is 2.52. The zero-order valence-electron chi connectivity index (χ0n) is 11.4. The average Bonchev–Trinajstić information content (AvgIpc) is 2.31. The van der Waals surface area contributed by atoms with Crippen LogP contribution in [0.25, 0.3) is 0 Å². The summed E-state index contributed by atoms with van der Waals surface area (Å²) in [6.45, 7) is 5.23. The van der Waals surface area contributed by atoms with Gasteiger partial charge in [-0.3, -0.25) is 9.59 Å². The zero-order valence-corrected chi connectivity index (χ0v) is 12.2. The Kier molecular flexibility index (Phi) is 5.42. The lowest BCUT2D eigenvalue weighted by molar-refractivity contribution is -0.138. The van der Waals surface area contributed by atoms with E-state index in [-0.39, 0.29) is 5.91 Å². The van der Waals surface area contributed by atoms with Crippen molar-refractivity contribution in [2.45, 2.75) is 43.3 Å². The van der Waals surface area contributed by atoms with Crippen LogP contribution in [0.2, 0.25) is 0 Å². The molecule has 1 aromatic rings. The maximum absolute atomic E-state index is 11.6. The summed E-state index contributed by atoms with van der Waals surface area (Å²) >= 11 is 1.23. The lowest BCUT2D eigenvalue weighted by Gasteiger charge is -2.20. The van der Waals surface area contributed by atoms with E-state index in [0.29, 0.717) is 12.1 Å². The molecule has 0 aliphatic heterocycles. The lowest BCUT2D eigenvalue weighted by atomic mass is 10.2. The fourth-order valence-electron chi connectivity index (χ4n) is 1.42. The van der Waals surface area contributed by atoms with E-state index in [2.05, 4.69) is 5.32 Å². The van der Waals surface area contributed by atoms with Crippen LogP contribution in [-0.2, 0) is 9.59 Å². The Bertz CT molecular complexity index is 472. The molecule has 0 atom stereocenters. The second-order valence-corrected chi connectivity index (χ2v) is 6.38. The highest BCUT2D eigenvalue weighted by Crippen LogP contribution is 2.37. The van der Waals surface area contributed by atoms with Crippen molar-refractivity contribution in [1.29, 1.82) is 0 Å². The van der Waals surface area contributed by atoms with Crippen LogP contribution < -0.4 is 5.32 Å². The largest absolute Gasteiger partial charge is 0.480 e. The van der Waals surface area contributed by atoms with Gasteiger partial charge in [-0.25, -0.2) is 0 Å². The van der Waals surface area contributed by atoms with Crippen molar-refractivity contribution < 1.29 is 14.7 Å². The van der Waals surface area contributed by atoms with Crippen molar-refractivity contribution in [3.05, 3.63) is 24.3 Å². The Morgan fingerprint density at radius 2 is 1.95 bits per heavy atom. The molecule has 0 bridgehead atoms. The number of thioether (sulfide) groups is 1. The van der Waals surface area contributed by atoms with Gasteiger partial charge in [-0.05, 0) is 32.4 Å². The van der Waals surface area contributed by atoms with Gasteiger partial charge in [-0.2, -0.15) is 0 Å². The second-order valence-electron chi connectivity index (χ2n) is 4.71. The van der Waals surface area contributed by atoms with Gasteiger partial charge in [0.2, 0.25) is 5.91 Å². The van der Waals surface area contributed by atoms with Gasteiger partial charge in [0.05, 0.1) is 5.69 Å². The van der Waals surface area contributed by atoms with Crippen LogP contribution in [0.3, 0.4) is 0 Å². The van der Waals surface area contributed by atoms with Gasteiger partial charge in [-0.15, -0.1) is 11.8 Å². The Balaban J connectivity index is 2.90. The van der Waals surface area contributed by atoms with Crippen LogP contribution in [0.4, 0.5) is 5.69 Å². The molecular formula is C14H19NO3S. The van der Waals surface area contributed by atoms with Crippen molar-refractivity contribution in [2.75, 3.05) is 5.32 Å². The van der Waals surface area contributed by atoms with Gasteiger partial charge in [0.15, 0.2) is 0 Å². The van der Waals surface area contributed by atoms with Crippen LogP contribution in [0.1, 0.15) is 33.6 Å². The summed E-state index contributed by atoms with van der Waals surface area (Å²) in [4.78, 5) is 23.5. The predicted molar refractivity (Wildman–Crippen MR) is 77.6 cm³/mol. The number of hydrogen-bond acceptors (Lipinski definition) is 3. The first-order valence-electron chi connectivity index (χ1n) is 6.18. The Labute approximate surface area is 117 Å². The summed E-state index contributed by atoms with van der Waals surface area (Å²) in [5, 5.41) is 12.0. The number of carboxylic acids is 1. The molecule has 1 aromatic carbocycles. The number of carbonyl (C=O) groups is 2. The molecule has 0 radical (unpaired) electrons. The fraction of sp³-hybridized carbons (Fsp3) is 0.429. The molecule has 0 saturated carbocycles. The first-order valence-corrected chi connectivity index (χ1v) is 6.99. The quantitative estimate of drug-likeness (QED) is 0.784. The normalized spacial score (nSPS) is 11.1. The second kappa shape index (κ2) is 6.61. The molecule has 19 heavy (non-hydrogen) atoms. The van der Waals surface area contributed by atoms with Crippen molar-refractivity contribution in [3.63, 3.8) is 0 Å². The van der Waals surface area contributed by atoms with Gasteiger partial charge in [-0.1, -0.05) is 19.1 Å². The number of aliphatic carboxylic acids is 1. The van der Waals surface area contributed by atoms with Crippen molar-refractivity contribution >= 4 is 29.3 Å². The molecule has 0 spiro atoms. The summed E-state index contributed by atoms with van der Waals surface area (Å²) in [5.74, 6) is -0.934. The highest BCUT2D eigenvalue weighted by atomic mass is 32.2. The minimum atomic E-state index is -0.939. The van der Waals surface area contributed by atoms with E-state index in [0.717, 1.165) is 11.3 Å². The number of benzene rings is 1. The molecular weight excluding hydrogens is 262 g/mol. The van der Waals surface area contributed by atoms with Gasteiger partial charge < -0.3 is 10.4 Å². The monoisotopic (exact) mass is 281 g/mol. The van der Waals surface area contributed by atoms with Crippen LogP contribution in [0.5, 0.6) is 0 Å². The molecule has 2 N–H and O–H groups in total. The van der Waals surface area contributed by atoms with E-state index in [1.165, 1.54) is 11.8 Å². The van der Waals surface area contributed by atoms with Crippen LogP contribution in [-0.4, -0.2) is 21.7 Å². The topological polar surface area (TPSA) is 66.4 Å². The van der Waals surface area contributed by atoms with Gasteiger partial charge in [0.1, 0.15) is 4.75 Å². The van der Waals surface area contributed by atoms with Crippen molar-refractivity contribution in [2.24, 2.45) is 0 Å². The van der Waals surface area contributed by atoms with Gasteiger partial charge in [0, 0.05) is 11.3 Å². The molecule has 5 heteroatoms. The summed E-state index contributed by atoms with van der Waals surface area (Å²) in [6.07, 6.45) is 1.24.